The molecule has 0 atom stereocenters. The van der Waals surface area contributed by atoms with Crippen molar-refractivity contribution in [1.82, 2.24) is 0 Å². The van der Waals surface area contributed by atoms with Crippen LogP contribution in [0, 0.1) is 0 Å². The number of carbonyl (C=O) groups is 2. The zero-order valence-electron chi connectivity index (χ0n) is 11.8. The topological polar surface area (TPSA) is 55.4 Å². The van der Waals surface area contributed by atoms with Crippen LogP contribution < -0.4 is 5.32 Å². The summed E-state index contributed by atoms with van der Waals surface area (Å²) in [6.45, 7) is 2.05. The molecule has 0 radical (unpaired) electrons. The van der Waals surface area contributed by atoms with Crippen LogP contribution in [-0.2, 0) is 4.74 Å². The van der Waals surface area contributed by atoms with E-state index in [1.54, 1.807) is 13.0 Å². The number of amides is 1. The van der Waals surface area contributed by atoms with Crippen LogP contribution in [0.3, 0.4) is 0 Å². The van der Waals surface area contributed by atoms with Gasteiger partial charge in [0.15, 0.2) is 0 Å². The van der Waals surface area contributed by atoms with Gasteiger partial charge in [0.2, 0.25) is 0 Å². The van der Waals surface area contributed by atoms with E-state index < -0.39 is 5.97 Å². The number of anilines is 1. The number of thiophene rings is 2. The predicted octanol–water partition coefficient (Wildman–Crippen LogP) is 4.39. The highest BCUT2D eigenvalue weighted by Crippen LogP contribution is 2.36. The fraction of sp³-hybridized carbons (Fsp3) is 0.125. The van der Waals surface area contributed by atoms with Crippen LogP contribution >= 0.6 is 22.7 Å². The van der Waals surface area contributed by atoms with E-state index in [0.717, 1.165) is 10.1 Å². The molecule has 1 aromatic carbocycles. The van der Waals surface area contributed by atoms with Crippen LogP contribution in [-0.4, -0.2) is 18.5 Å². The first-order valence-electron chi connectivity index (χ1n) is 6.74. The van der Waals surface area contributed by atoms with Gasteiger partial charge < -0.3 is 10.1 Å². The van der Waals surface area contributed by atoms with Gasteiger partial charge in [-0.05, 0) is 24.4 Å². The van der Waals surface area contributed by atoms with Crippen molar-refractivity contribution in [2.24, 2.45) is 0 Å². The molecule has 0 aliphatic rings. The number of esters is 1. The molecule has 0 aliphatic heterocycles. The second-order valence-electron chi connectivity index (χ2n) is 4.45. The number of fused-ring (bicyclic) bond motifs is 1. The molecule has 0 unspecified atom stereocenters. The Morgan fingerprint density at radius 1 is 1.18 bits per heavy atom. The summed E-state index contributed by atoms with van der Waals surface area (Å²) < 4.78 is 6.06. The molecule has 2 heterocycles. The maximum atomic E-state index is 12.2. The summed E-state index contributed by atoms with van der Waals surface area (Å²) in [5.74, 6) is -0.631. The smallest absolute Gasteiger partial charge is 0.341 e. The molecule has 6 heteroatoms. The molecule has 4 nitrogen and oxygen atoms in total. The normalized spacial score (nSPS) is 10.6. The van der Waals surface area contributed by atoms with Crippen LogP contribution in [0.1, 0.15) is 27.0 Å². The van der Waals surface area contributed by atoms with Gasteiger partial charge in [0.25, 0.3) is 5.91 Å². The van der Waals surface area contributed by atoms with E-state index in [0.29, 0.717) is 22.0 Å². The molecular formula is C16H13NO3S2. The lowest BCUT2D eigenvalue weighted by atomic mass is 10.1. The largest absolute Gasteiger partial charge is 0.462 e. The van der Waals surface area contributed by atoms with Crippen molar-refractivity contribution in [3.8, 4) is 0 Å². The van der Waals surface area contributed by atoms with Crippen LogP contribution in [0.5, 0.6) is 0 Å². The summed E-state index contributed by atoms with van der Waals surface area (Å²) in [6, 6.07) is 11.1. The molecule has 0 fully saturated rings. The van der Waals surface area contributed by atoms with Gasteiger partial charge in [-0.3, -0.25) is 4.79 Å². The third-order valence-corrected chi connectivity index (χ3v) is 5.00. The SMILES string of the molecule is CCOC(=O)c1c(NC(=O)c2cccs2)sc2ccccc12. The minimum Gasteiger partial charge on any atom is -0.462 e. The molecule has 112 valence electrons. The second-order valence-corrected chi connectivity index (χ2v) is 6.45. The highest BCUT2D eigenvalue weighted by molar-refractivity contribution is 7.23. The number of carbonyl (C=O) groups excluding carboxylic acids is 2. The Morgan fingerprint density at radius 3 is 2.73 bits per heavy atom. The molecule has 0 saturated heterocycles. The number of benzene rings is 1. The highest BCUT2D eigenvalue weighted by Gasteiger charge is 2.22. The van der Waals surface area contributed by atoms with Gasteiger partial charge >= 0.3 is 5.97 Å². The number of hydrogen-bond acceptors (Lipinski definition) is 5. The Kier molecular flexibility index (Phi) is 4.22. The zero-order chi connectivity index (χ0) is 15.5. The summed E-state index contributed by atoms with van der Waals surface area (Å²) in [5.41, 5.74) is 0.423. The molecule has 1 N–H and O–H groups in total. The molecule has 3 rings (SSSR count). The number of ether oxygens (including phenoxy) is 1. The summed E-state index contributed by atoms with van der Waals surface area (Å²) in [4.78, 5) is 25.1. The summed E-state index contributed by atoms with van der Waals surface area (Å²) in [6.07, 6.45) is 0. The average Bonchev–Trinajstić information content (AvgIpc) is 3.14. The number of hydrogen-bond donors (Lipinski definition) is 1. The van der Waals surface area contributed by atoms with Gasteiger partial charge in [0.05, 0.1) is 11.5 Å². The standard InChI is InChI=1S/C16H13NO3S2/c1-2-20-16(19)13-10-6-3-4-7-11(10)22-15(13)17-14(18)12-8-5-9-21-12/h3-9H,2H2,1H3,(H,17,18). The molecule has 0 spiro atoms. The third-order valence-electron chi connectivity index (χ3n) is 3.05. The van der Waals surface area contributed by atoms with E-state index in [1.165, 1.54) is 22.7 Å². The number of rotatable bonds is 4. The van der Waals surface area contributed by atoms with Crippen LogP contribution in [0.2, 0.25) is 0 Å². The predicted molar refractivity (Wildman–Crippen MR) is 90.1 cm³/mol. The minimum atomic E-state index is -0.415. The van der Waals surface area contributed by atoms with E-state index >= 15 is 0 Å². The third kappa shape index (κ3) is 2.75. The van der Waals surface area contributed by atoms with Crippen molar-refractivity contribution in [2.75, 3.05) is 11.9 Å². The fourth-order valence-electron chi connectivity index (χ4n) is 2.11. The Hall–Kier alpha value is -2.18. The van der Waals surface area contributed by atoms with Crippen molar-refractivity contribution in [1.29, 1.82) is 0 Å². The summed E-state index contributed by atoms with van der Waals surface area (Å²) >= 11 is 2.73. The van der Waals surface area contributed by atoms with Crippen LogP contribution in [0.4, 0.5) is 5.00 Å². The van der Waals surface area contributed by atoms with E-state index in [-0.39, 0.29) is 5.91 Å². The Labute approximate surface area is 135 Å². The quantitative estimate of drug-likeness (QED) is 0.721. The Balaban J connectivity index is 2.02. The van der Waals surface area contributed by atoms with Crippen molar-refractivity contribution >= 4 is 49.6 Å². The molecule has 22 heavy (non-hydrogen) atoms. The summed E-state index contributed by atoms with van der Waals surface area (Å²) in [7, 11) is 0. The van der Waals surface area contributed by atoms with Gasteiger partial charge in [-0.15, -0.1) is 22.7 Å². The lowest BCUT2D eigenvalue weighted by Crippen LogP contribution is -2.13. The second kappa shape index (κ2) is 6.29. The molecule has 3 aromatic rings. The summed E-state index contributed by atoms with van der Waals surface area (Å²) in [5, 5.41) is 5.99. The molecule has 0 bridgehead atoms. The van der Waals surface area contributed by atoms with E-state index in [4.69, 9.17) is 4.74 Å². The maximum Gasteiger partial charge on any atom is 0.341 e. The van der Waals surface area contributed by atoms with Gasteiger partial charge in [-0.2, -0.15) is 0 Å². The van der Waals surface area contributed by atoms with Crippen molar-refractivity contribution in [3.05, 3.63) is 52.2 Å². The van der Waals surface area contributed by atoms with Gasteiger partial charge in [-0.25, -0.2) is 4.79 Å². The van der Waals surface area contributed by atoms with Crippen molar-refractivity contribution in [3.63, 3.8) is 0 Å². The van der Waals surface area contributed by atoms with E-state index in [9.17, 15) is 9.59 Å². The van der Waals surface area contributed by atoms with Crippen LogP contribution in [0.25, 0.3) is 10.1 Å². The van der Waals surface area contributed by atoms with Crippen LogP contribution in [0.15, 0.2) is 41.8 Å². The monoisotopic (exact) mass is 331 g/mol. The molecular weight excluding hydrogens is 318 g/mol. The molecule has 0 saturated carbocycles. The average molecular weight is 331 g/mol. The Morgan fingerprint density at radius 2 is 2.00 bits per heavy atom. The fourth-order valence-corrected chi connectivity index (χ4v) is 3.82. The first-order valence-corrected chi connectivity index (χ1v) is 8.44. The lowest BCUT2D eigenvalue weighted by Gasteiger charge is -2.05. The van der Waals surface area contributed by atoms with E-state index in [1.807, 2.05) is 35.7 Å². The maximum absolute atomic E-state index is 12.2. The van der Waals surface area contributed by atoms with Gasteiger partial charge in [0, 0.05) is 10.1 Å². The van der Waals surface area contributed by atoms with Gasteiger partial charge in [-0.1, -0.05) is 24.3 Å². The Bertz CT molecular complexity index is 821. The van der Waals surface area contributed by atoms with Gasteiger partial charge in [0.1, 0.15) is 10.6 Å². The highest BCUT2D eigenvalue weighted by atomic mass is 32.1. The first kappa shape index (κ1) is 14.7. The van der Waals surface area contributed by atoms with Crippen molar-refractivity contribution < 1.29 is 14.3 Å². The molecule has 2 aromatic heterocycles. The number of nitrogens with one attached hydrogen (secondary N) is 1. The first-order chi connectivity index (χ1) is 10.7. The molecule has 1 amide bonds. The zero-order valence-corrected chi connectivity index (χ0v) is 13.4. The van der Waals surface area contributed by atoms with Crippen molar-refractivity contribution in [2.45, 2.75) is 6.92 Å². The molecule has 0 aliphatic carbocycles. The lowest BCUT2D eigenvalue weighted by molar-refractivity contribution is 0.0530. The minimum absolute atomic E-state index is 0.216. The van der Waals surface area contributed by atoms with E-state index in [2.05, 4.69) is 5.32 Å².